The van der Waals surface area contributed by atoms with Gasteiger partial charge in [0.2, 0.25) is 10.0 Å². The van der Waals surface area contributed by atoms with Crippen LogP contribution < -0.4 is 5.32 Å². The SMILES string of the molecule is COCC(O)CNC(C)c1ccc(S(=O)(=O)N(C)C)cc1. The third-order valence-corrected chi connectivity index (χ3v) is 5.01. The first-order valence-corrected chi connectivity index (χ1v) is 8.16. The van der Waals surface area contributed by atoms with Crippen molar-refractivity contribution in [3.63, 3.8) is 0 Å². The lowest BCUT2D eigenvalue weighted by atomic mass is 10.1. The molecular formula is C14H24N2O4S. The summed E-state index contributed by atoms with van der Waals surface area (Å²) in [5.41, 5.74) is 0.956. The average molecular weight is 316 g/mol. The van der Waals surface area contributed by atoms with Crippen molar-refractivity contribution in [3.8, 4) is 0 Å². The fraction of sp³-hybridized carbons (Fsp3) is 0.571. The number of aliphatic hydroxyl groups is 1. The van der Waals surface area contributed by atoms with Crippen molar-refractivity contribution in [2.24, 2.45) is 0 Å². The largest absolute Gasteiger partial charge is 0.389 e. The van der Waals surface area contributed by atoms with E-state index in [2.05, 4.69) is 5.32 Å². The standard InChI is InChI=1S/C14H24N2O4S/c1-11(15-9-13(17)10-20-4)12-5-7-14(8-6-12)21(18,19)16(2)3/h5-8,11,13,15,17H,9-10H2,1-4H3. The lowest BCUT2D eigenvalue weighted by Crippen LogP contribution is -2.31. The van der Waals surface area contributed by atoms with Crippen molar-refractivity contribution < 1.29 is 18.3 Å². The first-order chi connectivity index (χ1) is 9.78. The molecular weight excluding hydrogens is 292 g/mol. The summed E-state index contributed by atoms with van der Waals surface area (Å²) in [6, 6.07) is 6.74. The Morgan fingerprint density at radius 2 is 1.86 bits per heavy atom. The monoisotopic (exact) mass is 316 g/mol. The van der Waals surface area contributed by atoms with Crippen LogP contribution in [0.15, 0.2) is 29.2 Å². The molecule has 1 rings (SSSR count). The third kappa shape index (κ3) is 5.05. The molecule has 2 N–H and O–H groups in total. The highest BCUT2D eigenvalue weighted by atomic mass is 32.2. The van der Waals surface area contributed by atoms with E-state index in [1.54, 1.807) is 24.3 Å². The molecule has 120 valence electrons. The van der Waals surface area contributed by atoms with Gasteiger partial charge in [0.1, 0.15) is 0 Å². The second-order valence-electron chi connectivity index (χ2n) is 5.10. The second kappa shape index (κ2) is 7.86. The number of nitrogens with zero attached hydrogens (tertiary/aromatic N) is 1. The molecule has 0 fully saturated rings. The maximum absolute atomic E-state index is 12.0. The van der Waals surface area contributed by atoms with Gasteiger partial charge < -0.3 is 15.2 Å². The van der Waals surface area contributed by atoms with Gasteiger partial charge in [-0.05, 0) is 24.6 Å². The van der Waals surface area contributed by atoms with E-state index in [0.29, 0.717) is 6.54 Å². The number of methoxy groups -OCH3 is 1. The van der Waals surface area contributed by atoms with Crippen LogP contribution in [0.2, 0.25) is 0 Å². The Hall–Kier alpha value is -0.990. The molecule has 0 aliphatic rings. The molecule has 0 amide bonds. The van der Waals surface area contributed by atoms with Crippen LogP contribution >= 0.6 is 0 Å². The normalized spacial score (nSPS) is 15.1. The minimum atomic E-state index is -3.40. The molecule has 0 heterocycles. The fourth-order valence-electron chi connectivity index (χ4n) is 1.82. The Labute approximate surface area is 126 Å². The molecule has 7 heteroatoms. The molecule has 1 aromatic carbocycles. The molecule has 2 atom stereocenters. The summed E-state index contributed by atoms with van der Waals surface area (Å²) in [5.74, 6) is 0. The number of sulfonamides is 1. The van der Waals surface area contributed by atoms with E-state index in [-0.39, 0.29) is 17.5 Å². The molecule has 0 saturated heterocycles. The van der Waals surface area contributed by atoms with Crippen LogP contribution in [-0.2, 0) is 14.8 Å². The minimum absolute atomic E-state index is 0.00705. The van der Waals surface area contributed by atoms with E-state index in [9.17, 15) is 13.5 Å². The first-order valence-electron chi connectivity index (χ1n) is 6.72. The highest BCUT2D eigenvalue weighted by Gasteiger charge is 2.17. The van der Waals surface area contributed by atoms with Crippen LogP contribution in [0.3, 0.4) is 0 Å². The molecule has 0 aliphatic carbocycles. The summed E-state index contributed by atoms with van der Waals surface area (Å²) in [6.07, 6.45) is -0.564. The summed E-state index contributed by atoms with van der Waals surface area (Å²) < 4.78 is 30.0. The van der Waals surface area contributed by atoms with Crippen LogP contribution in [0.4, 0.5) is 0 Å². The number of hydrogen-bond donors (Lipinski definition) is 2. The summed E-state index contributed by atoms with van der Waals surface area (Å²) >= 11 is 0. The Bertz CT molecular complexity index is 528. The van der Waals surface area contributed by atoms with Crippen molar-refractivity contribution >= 4 is 10.0 Å². The Balaban J connectivity index is 2.70. The Morgan fingerprint density at radius 3 is 2.33 bits per heavy atom. The molecule has 0 bridgehead atoms. The van der Waals surface area contributed by atoms with Crippen molar-refractivity contribution in [2.75, 3.05) is 34.4 Å². The van der Waals surface area contributed by atoms with Gasteiger partial charge in [0.15, 0.2) is 0 Å². The zero-order chi connectivity index (χ0) is 16.0. The van der Waals surface area contributed by atoms with Crippen LogP contribution in [0, 0.1) is 0 Å². The number of benzene rings is 1. The van der Waals surface area contributed by atoms with Gasteiger partial charge in [-0.15, -0.1) is 0 Å². The van der Waals surface area contributed by atoms with Crippen LogP contribution in [-0.4, -0.2) is 58.3 Å². The van der Waals surface area contributed by atoms with Gasteiger partial charge in [0, 0.05) is 33.8 Å². The molecule has 21 heavy (non-hydrogen) atoms. The second-order valence-corrected chi connectivity index (χ2v) is 7.25. The predicted octanol–water partition coefficient (Wildman–Crippen LogP) is 0.595. The van der Waals surface area contributed by atoms with Gasteiger partial charge >= 0.3 is 0 Å². The third-order valence-electron chi connectivity index (χ3n) is 3.18. The van der Waals surface area contributed by atoms with E-state index in [1.807, 2.05) is 6.92 Å². The van der Waals surface area contributed by atoms with E-state index in [4.69, 9.17) is 4.74 Å². The molecule has 2 unspecified atom stereocenters. The van der Waals surface area contributed by atoms with Crippen LogP contribution in [0.25, 0.3) is 0 Å². The minimum Gasteiger partial charge on any atom is -0.389 e. The van der Waals surface area contributed by atoms with Gasteiger partial charge in [0.25, 0.3) is 0 Å². The van der Waals surface area contributed by atoms with E-state index in [0.717, 1.165) is 5.56 Å². The van der Waals surface area contributed by atoms with Crippen LogP contribution in [0.1, 0.15) is 18.5 Å². The van der Waals surface area contributed by atoms with Gasteiger partial charge in [-0.2, -0.15) is 0 Å². The number of rotatable bonds is 8. The molecule has 0 saturated carbocycles. The molecule has 0 aliphatic heterocycles. The van der Waals surface area contributed by atoms with Gasteiger partial charge in [-0.25, -0.2) is 12.7 Å². The number of hydrogen-bond acceptors (Lipinski definition) is 5. The summed E-state index contributed by atoms with van der Waals surface area (Å²) in [6.45, 7) is 2.64. The topological polar surface area (TPSA) is 78.9 Å². The number of nitrogens with one attached hydrogen (secondary N) is 1. The Morgan fingerprint density at radius 1 is 1.29 bits per heavy atom. The smallest absolute Gasteiger partial charge is 0.242 e. The highest BCUT2D eigenvalue weighted by Crippen LogP contribution is 2.18. The van der Waals surface area contributed by atoms with Crippen molar-refractivity contribution in [3.05, 3.63) is 29.8 Å². The molecule has 6 nitrogen and oxygen atoms in total. The highest BCUT2D eigenvalue weighted by molar-refractivity contribution is 7.89. The summed E-state index contributed by atoms with van der Waals surface area (Å²) in [7, 11) is 1.15. The fourth-order valence-corrected chi connectivity index (χ4v) is 2.72. The van der Waals surface area contributed by atoms with E-state index in [1.165, 1.54) is 25.5 Å². The van der Waals surface area contributed by atoms with Gasteiger partial charge in [0.05, 0.1) is 17.6 Å². The van der Waals surface area contributed by atoms with Gasteiger partial charge in [-0.3, -0.25) is 0 Å². The maximum Gasteiger partial charge on any atom is 0.242 e. The average Bonchev–Trinajstić information content (AvgIpc) is 2.45. The molecule has 0 spiro atoms. The molecule has 0 radical (unpaired) electrons. The molecule has 1 aromatic rings. The van der Waals surface area contributed by atoms with E-state index < -0.39 is 16.1 Å². The lowest BCUT2D eigenvalue weighted by Gasteiger charge is -2.18. The van der Waals surface area contributed by atoms with Crippen molar-refractivity contribution in [2.45, 2.75) is 24.0 Å². The van der Waals surface area contributed by atoms with Crippen molar-refractivity contribution in [1.82, 2.24) is 9.62 Å². The lowest BCUT2D eigenvalue weighted by molar-refractivity contribution is 0.0630. The summed E-state index contributed by atoms with van der Waals surface area (Å²) in [4.78, 5) is 0.267. The van der Waals surface area contributed by atoms with E-state index >= 15 is 0 Å². The predicted molar refractivity (Wildman–Crippen MR) is 81.6 cm³/mol. The van der Waals surface area contributed by atoms with Gasteiger partial charge in [-0.1, -0.05) is 12.1 Å². The Kier molecular flexibility index (Phi) is 6.76. The molecule has 0 aromatic heterocycles. The summed E-state index contributed by atoms with van der Waals surface area (Å²) in [5, 5.41) is 12.8. The van der Waals surface area contributed by atoms with Crippen molar-refractivity contribution in [1.29, 1.82) is 0 Å². The zero-order valence-electron chi connectivity index (χ0n) is 12.9. The number of aliphatic hydroxyl groups excluding tert-OH is 1. The number of ether oxygens (including phenoxy) is 1. The first kappa shape index (κ1) is 18.1. The zero-order valence-corrected chi connectivity index (χ0v) is 13.7. The van der Waals surface area contributed by atoms with Crippen LogP contribution in [0.5, 0.6) is 0 Å². The quantitative estimate of drug-likeness (QED) is 0.734. The maximum atomic E-state index is 12.0.